The summed E-state index contributed by atoms with van der Waals surface area (Å²) >= 11 is 0.740. The molecule has 0 saturated carbocycles. The molecule has 1 fully saturated rings. The summed E-state index contributed by atoms with van der Waals surface area (Å²) in [5.74, 6) is 0. The molecule has 1 saturated heterocycles. The van der Waals surface area contributed by atoms with E-state index in [0.29, 0.717) is 0 Å². The molecule has 1 aliphatic rings. The molecule has 1 heterocycles. The van der Waals surface area contributed by atoms with Crippen LogP contribution in [0.15, 0.2) is 0 Å². The van der Waals surface area contributed by atoms with Crippen LogP contribution in [0.4, 0.5) is 0 Å². The number of ether oxygens (including phenoxy) is 1. The number of nitrogens with zero attached hydrogens (tertiary/aromatic N) is 1. The van der Waals surface area contributed by atoms with Crippen molar-refractivity contribution >= 4 is 15.2 Å². The van der Waals surface area contributed by atoms with Gasteiger partial charge in [0.05, 0.1) is 0 Å². The van der Waals surface area contributed by atoms with Crippen molar-refractivity contribution in [3.05, 3.63) is 0 Å². The predicted molar refractivity (Wildman–Crippen MR) is 38.6 cm³/mol. The van der Waals surface area contributed by atoms with Crippen molar-refractivity contribution in [1.29, 1.82) is 0 Å². The van der Waals surface area contributed by atoms with Crippen molar-refractivity contribution in [2.45, 2.75) is 12.2 Å². The first kappa shape index (κ1) is 7.55. The minimum atomic E-state index is 0.740. The van der Waals surface area contributed by atoms with Crippen LogP contribution in [0.2, 0.25) is 5.32 Å². The van der Waals surface area contributed by atoms with Crippen molar-refractivity contribution in [2.24, 2.45) is 0 Å². The molecule has 0 atom stereocenters. The van der Waals surface area contributed by atoms with Crippen LogP contribution >= 0.6 is 0 Å². The Hall–Kier alpha value is 0.439. The van der Waals surface area contributed by atoms with Crippen LogP contribution in [0.25, 0.3) is 0 Å². The summed E-state index contributed by atoms with van der Waals surface area (Å²) in [5, 5.41) is 1.33. The number of morpholine rings is 1. The van der Waals surface area contributed by atoms with Gasteiger partial charge in [0.2, 0.25) is 0 Å². The van der Waals surface area contributed by atoms with E-state index in [2.05, 4.69) is 10.8 Å². The SMILES string of the molecule is CC[Se]N1CCOCC1. The Morgan fingerprint density at radius 1 is 1.44 bits per heavy atom. The van der Waals surface area contributed by atoms with Crippen molar-refractivity contribution < 1.29 is 4.74 Å². The molecule has 0 aromatic carbocycles. The molecule has 0 aliphatic carbocycles. The van der Waals surface area contributed by atoms with Gasteiger partial charge in [-0.25, -0.2) is 0 Å². The minimum absolute atomic E-state index is 0.740. The third-order valence-corrected chi connectivity index (χ3v) is 3.36. The molecular formula is C6H13NOSe. The molecule has 2 nitrogen and oxygen atoms in total. The van der Waals surface area contributed by atoms with Crippen molar-refractivity contribution in [3.8, 4) is 0 Å². The van der Waals surface area contributed by atoms with Gasteiger partial charge in [-0.05, 0) is 0 Å². The van der Waals surface area contributed by atoms with E-state index in [1.165, 1.54) is 5.32 Å². The first-order valence-electron chi connectivity index (χ1n) is 3.39. The van der Waals surface area contributed by atoms with Gasteiger partial charge in [-0.2, -0.15) is 0 Å². The zero-order valence-corrected chi connectivity index (χ0v) is 7.51. The standard InChI is InChI=1S/C6H13NOSe/c1-2-9-7-3-5-8-6-4-7/h2-6H2,1H3. The molecule has 0 bridgehead atoms. The average molecular weight is 194 g/mol. The summed E-state index contributed by atoms with van der Waals surface area (Å²) in [6.07, 6.45) is 0. The summed E-state index contributed by atoms with van der Waals surface area (Å²) in [5.41, 5.74) is 0. The molecule has 9 heavy (non-hydrogen) atoms. The molecule has 0 amide bonds. The van der Waals surface area contributed by atoms with Gasteiger partial charge < -0.3 is 0 Å². The van der Waals surface area contributed by atoms with Crippen LogP contribution in [0.1, 0.15) is 6.92 Å². The normalized spacial score (nSPS) is 22.3. The van der Waals surface area contributed by atoms with Crippen molar-refractivity contribution in [1.82, 2.24) is 3.92 Å². The first-order chi connectivity index (χ1) is 4.43. The summed E-state index contributed by atoms with van der Waals surface area (Å²) < 4.78 is 7.72. The van der Waals surface area contributed by atoms with Gasteiger partial charge in [0, 0.05) is 0 Å². The molecular weight excluding hydrogens is 181 g/mol. The second-order valence-electron chi connectivity index (χ2n) is 1.96. The van der Waals surface area contributed by atoms with Crippen LogP contribution < -0.4 is 0 Å². The Labute approximate surface area is 62.9 Å². The topological polar surface area (TPSA) is 12.5 Å². The van der Waals surface area contributed by atoms with Gasteiger partial charge in [-0.1, -0.05) is 0 Å². The maximum absolute atomic E-state index is 5.21. The van der Waals surface area contributed by atoms with Crippen LogP contribution in [0.5, 0.6) is 0 Å². The van der Waals surface area contributed by atoms with Crippen molar-refractivity contribution in [2.75, 3.05) is 26.3 Å². The third-order valence-electron chi connectivity index (χ3n) is 1.28. The van der Waals surface area contributed by atoms with Crippen molar-refractivity contribution in [3.63, 3.8) is 0 Å². The van der Waals surface area contributed by atoms with Gasteiger partial charge in [-0.3, -0.25) is 0 Å². The van der Waals surface area contributed by atoms with E-state index in [1.807, 2.05) is 0 Å². The fourth-order valence-corrected chi connectivity index (χ4v) is 2.48. The molecule has 0 N–H and O–H groups in total. The van der Waals surface area contributed by atoms with E-state index in [-0.39, 0.29) is 0 Å². The van der Waals surface area contributed by atoms with E-state index in [9.17, 15) is 0 Å². The number of rotatable bonds is 2. The second-order valence-corrected chi connectivity index (χ2v) is 4.80. The van der Waals surface area contributed by atoms with Crippen LogP contribution in [0, 0.1) is 0 Å². The Bertz CT molecular complexity index is 70.7. The maximum atomic E-state index is 5.21. The Morgan fingerprint density at radius 3 is 2.67 bits per heavy atom. The van der Waals surface area contributed by atoms with E-state index < -0.39 is 0 Å². The zero-order valence-electron chi connectivity index (χ0n) is 5.80. The molecule has 0 radical (unpaired) electrons. The average Bonchev–Trinajstić information content (AvgIpc) is 1.91. The van der Waals surface area contributed by atoms with Gasteiger partial charge in [0.25, 0.3) is 0 Å². The van der Waals surface area contributed by atoms with Crippen LogP contribution in [0.3, 0.4) is 0 Å². The Kier molecular flexibility index (Phi) is 3.59. The molecule has 0 unspecified atom stereocenters. The fraction of sp³-hybridized carbons (Fsp3) is 1.00. The summed E-state index contributed by atoms with van der Waals surface area (Å²) in [7, 11) is 0. The molecule has 1 rings (SSSR count). The van der Waals surface area contributed by atoms with Gasteiger partial charge in [0.15, 0.2) is 0 Å². The summed E-state index contributed by atoms with van der Waals surface area (Å²) in [6, 6.07) is 0. The van der Waals surface area contributed by atoms with E-state index in [1.54, 1.807) is 0 Å². The predicted octanol–water partition coefficient (Wildman–Crippen LogP) is 0.376. The second kappa shape index (κ2) is 4.29. The van der Waals surface area contributed by atoms with Gasteiger partial charge in [-0.15, -0.1) is 0 Å². The van der Waals surface area contributed by atoms with E-state index in [4.69, 9.17) is 4.74 Å². The quantitative estimate of drug-likeness (QED) is 0.589. The number of hydrogen-bond donors (Lipinski definition) is 0. The zero-order chi connectivity index (χ0) is 6.53. The fourth-order valence-electron chi connectivity index (χ4n) is 0.858. The van der Waals surface area contributed by atoms with Gasteiger partial charge >= 0.3 is 62.4 Å². The number of hydrogen-bond acceptors (Lipinski definition) is 2. The van der Waals surface area contributed by atoms with Gasteiger partial charge in [0.1, 0.15) is 0 Å². The molecule has 0 aromatic rings. The molecule has 0 aromatic heterocycles. The van der Waals surface area contributed by atoms with E-state index >= 15 is 0 Å². The monoisotopic (exact) mass is 195 g/mol. The van der Waals surface area contributed by atoms with Crippen LogP contribution in [-0.4, -0.2) is 45.4 Å². The summed E-state index contributed by atoms with van der Waals surface area (Å²) in [4.78, 5) is 0. The molecule has 54 valence electrons. The molecule has 1 aliphatic heterocycles. The third kappa shape index (κ3) is 2.67. The van der Waals surface area contributed by atoms with E-state index in [0.717, 1.165) is 41.5 Å². The Morgan fingerprint density at radius 2 is 2.11 bits per heavy atom. The summed E-state index contributed by atoms with van der Waals surface area (Å²) in [6.45, 7) is 6.46. The Balaban J connectivity index is 2.08. The van der Waals surface area contributed by atoms with Crippen LogP contribution in [-0.2, 0) is 4.74 Å². The first-order valence-corrected chi connectivity index (χ1v) is 5.37. The molecule has 0 spiro atoms. The molecule has 3 heteroatoms.